The fourth-order valence-electron chi connectivity index (χ4n) is 3.01. The fourth-order valence-corrected chi connectivity index (χ4v) is 3.01. The Kier molecular flexibility index (Phi) is 4.29. The largest absolute Gasteiger partial charge is 0.393 e. The maximum Gasteiger partial charge on any atom is 0.251 e. The first-order valence-electron chi connectivity index (χ1n) is 7.86. The third kappa shape index (κ3) is 3.22. The van der Waals surface area contributed by atoms with Gasteiger partial charge >= 0.3 is 0 Å². The lowest BCUT2D eigenvalue weighted by Gasteiger charge is -2.26. The summed E-state index contributed by atoms with van der Waals surface area (Å²) in [5, 5.41) is 12.6. The summed E-state index contributed by atoms with van der Waals surface area (Å²) >= 11 is 0. The van der Waals surface area contributed by atoms with Crippen LogP contribution in [0.3, 0.4) is 0 Å². The van der Waals surface area contributed by atoms with E-state index >= 15 is 0 Å². The first-order valence-corrected chi connectivity index (χ1v) is 7.86. The van der Waals surface area contributed by atoms with Crippen LogP contribution in [0.15, 0.2) is 42.7 Å². The number of hydrogen-bond donors (Lipinski definition) is 2. The lowest BCUT2D eigenvalue weighted by molar-refractivity contribution is 0.0867. The molecule has 116 valence electrons. The van der Waals surface area contributed by atoms with Gasteiger partial charge in [0, 0.05) is 29.7 Å². The number of rotatable bonds is 3. The van der Waals surface area contributed by atoms with Crippen LogP contribution in [-0.2, 0) is 0 Å². The van der Waals surface area contributed by atoms with E-state index in [0.29, 0.717) is 5.56 Å². The Morgan fingerprint density at radius 2 is 1.86 bits per heavy atom. The van der Waals surface area contributed by atoms with Gasteiger partial charge in [0.1, 0.15) is 0 Å². The smallest absolute Gasteiger partial charge is 0.251 e. The van der Waals surface area contributed by atoms with Gasteiger partial charge in [-0.15, -0.1) is 0 Å². The predicted octanol–water partition coefficient (Wildman–Crippen LogP) is 2.82. The number of aliphatic hydroxyl groups excluding tert-OH is 1. The van der Waals surface area contributed by atoms with E-state index in [1.165, 1.54) is 0 Å². The zero-order valence-electron chi connectivity index (χ0n) is 12.8. The van der Waals surface area contributed by atoms with Crippen molar-refractivity contribution in [1.82, 2.24) is 9.88 Å². The highest BCUT2D eigenvalue weighted by molar-refractivity contribution is 5.95. The Morgan fingerprint density at radius 1 is 1.18 bits per heavy atom. The van der Waals surface area contributed by atoms with E-state index in [1.807, 2.05) is 54.2 Å². The van der Waals surface area contributed by atoms with Crippen molar-refractivity contribution in [2.45, 2.75) is 44.8 Å². The van der Waals surface area contributed by atoms with E-state index in [0.717, 1.165) is 36.9 Å². The molecule has 0 saturated heterocycles. The third-order valence-electron chi connectivity index (χ3n) is 4.39. The number of aliphatic hydroxyl groups is 1. The van der Waals surface area contributed by atoms with E-state index in [4.69, 9.17) is 0 Å². The first-order chi connectivity index (χ1) is 10.6. The molecule has 1 heterocycles. The molecule has 3 rings (SSSR count). The molecule has 1 saturated carbocycles. The molecular weight excluding hydrogens is 276 g/mol. The second-order valence-electron chi connectivity index (χ2n) is 6.07. The molecule has 4 nitrogen and oxygen atoms in total. The summed E-state index contributed by atoms with van der Waals surface area (Å²) in [6, 6.07) is 9.90. The quantitative estimate of drug-likeness (QED) is 0.915. The van der Waals surface area contributed by atoms with Crippen molar-refractivity contribution >= 4 is 5.91 Å². The molecule has 0 aliphatic heterocycles. The Morgan fingerprint density at radius 3 is 2.55 bits per heavy atom. The highest BCUT2D eigenvalue weighted by Gasteiger charge is 2.21. The van der Waals surface area contributed by atoms with Gasteiger partial charge in [-0.05, 0) is 62.4 Å². The summed E-state index contributed by atoms with van der Waals surface area (Å²) in [6.45, 7) is 2.04. The number of aromatic nitrogens is 1. The zero-order valence-corrected chi connectivity index (χ0v) is 12.8. The summed E-state index contributed by atoms with van der Waals surface area (Å²) in [7, 11) is 0. The second kappa shape index (κ2) is 6.36. The average Bonchev–Trinajstić information content (AvgIpc) is 3.04. The molecule has 1 amide bonds. The molecule has 4 heteroatoms. The van der Waals surface area contributed by atoms with Crippen LogP contribution in [0, 0.1) is 6.92 Å². The molecule has 2 N–H and O–H groups in total. The molecule has 1 aromatic heterocycles. The van der Waals surface area contributed by atoms with Crippen molar-refractivity contribution in [2.24, 2.45) is 0 Å². The summed E-state index contributed by atoms with van der Waals surface area (Å²) < 4.78 is 2.02. The minimum atomic E-state index is -0.201. The van der Waals surface area contributed by atoms with Gasteiger partial charge in [-0.3, -0.25) is 4.79 Å². The lowest BCUT2D eigenvalue weighted by atomic mass is 9.93. The number of carbonyl (C=O) groups excluding carboxylic acids is 1. The molecule has 2 aromatic rings. The lowest BCUT2D eigenvalue weighted by Crippen LogP contribution is -2.38. The second-order valence-corrected chi connectivity index (χ2v) is 6.07. The summed E-state index contributed by atoms with van der Waals surface area (Å²) in [4.78, 5) is 12.4. The van der Waals surface area contributed by atoms with Crippen LogP contribution in [0.5, 0.6) is 0 Å². The van der Waals surface area contributed by atoms with Crippen molar-refractivity contribution in [3.8, 4) is 5.69 Å². The van der Waals surface area contributed by atoms with Crippen molar-refractivity contribution < 1.29 is 9.90 Å². The van der Waals surface area contributed by atoms with Crippen LogP contribution in [-0.4, -0.2) is 27.7 Å². The molecule has 0 spiro atoms. The molecule has 0 radical (unpaired) electrons. The van der Waals surface area contributed by atoms with Gasteiger partial charge in [-0.1, -0.05) is 6.07 Å². The summed E-state index contributed by atoms with van der Waals surface area (Å²) in [5.74, 6) is -0.0326. The van der Waals surface area contributed by atoms with Gasteiger partial charge in [0.2, 0.25) is 0 Å². The SMILES string of the molecule is Cc1ccc(C(=O)NC2CCC(O)CC2)cc1-n1cccc1. The van der Waals surface area contributed by atoms with Crippen molar-refractivity contribution in [3.63, 3.8) is 0 Å². The number of hydrogen-bond acceptors (Lipinski definition) is 2. The first kappa shape index (κ1) is 14.9. The number of amides is 1. The van der Waals surface area contributed by atoms with Gasteiger partial charge in [0.15, 0.2) is 0 Å². The summed E-state index contributed by atoms with van der Waals surface area (Å²) in [6.07, 6.45) is 7.00. The summed E-state index contributed by atoms with van der Waals surface area (Å²) in [5.41, 5.74) is 2.84. The van der Waals surface area contributed by atoms with Gasteiger partial charge in [-0.25, -0.2) is 0 Å². The molecule has 0 bridgehead atoms. The van der Waals surface area contributed by atoms with Crippen LogP contribution in [0.4, 0.5) is 0 Å². The number of benzene rings is 1. The van der Waals surface area contributed by atoms with E-state index in [2.05, 4.69) is 5.32 Å². The van der Waals surface area contributed by atoms with Crippen LogP contribution >= 0.6 is 0 Å². The van der Waals surface area contributed by atoms with E-state index < -0.39 is 0 Å². The van der Waals surface area contributed by atoms with Gasteiger partial charge in [0.05, 0.1) is 6.10 Å². The average molecular weight is 298 g/mol. The molecule has 1 fully saturated rings. The van der Waals surface area contributed by atoms with Gasteiger partial charge in [-0.2, -0.15) is 0 Å². The Labute approximate surface area is 130 Å². The van der Waals surface area contributed by atoms with Gasteiger partial charge in [0.25, 0.3) is 5.91 Å². The Hall–Kier alpha value is -2.07. The van der Waals surface area contributed by atoms with Crippen molar-refractivity contribution in [3.05, 3.63) is 53.9 Å². The molecule has 1 aliphatic carbocycles. The molecular formula is C18H22N2O2. The maximum atomic E-state index is 12.4. The molecule has 1 aliphatic rings. The van der Waals surface area contributed by atoms with E-state index in [-0.39, 0.29) is 18.1 Å². The molecule has 22 heavy (non-hydrogen) atoms. The Balaban J connectivity index is 1.74. The number of nitrogens with one attached hydrogen (secondary N) is 1. The number of nitrogens with zero attached hydrogens (tertiary/aromatic N) is 1. The van der Waals surface area contributed by atoms with Crippen molar-refractivity contribution in [2.75, 3.05) is 0 Å². The molecule has 0 unspecified atom stereocenters. The van der Waals surface area contributed by atoms with Crippen LogP contribution in [0.25, 0.3) is 5.69 Å². The predicted molar refractivity (Wildman–Crippen MR) is 86.2 cm³/mol. The monoisotopic (exact) mass is 298 g/mol. The normalized spacial score (nSPS) is 21.5. The van der Waals surface area contributed by atoms with Crippen LogP contribution in [0.2, 0.25) is 0 Å². The molecule has 1 aromatic carbocycles. The minimum absolute atomic E-state index is 0.0326. The standard InChI is InChI=1S/C18H22N2O2/c1-13-4-5-14(12-17(13)20-10-2-3-11-20)18(22)19-15-6-8-16(21)9-7-15/h2-5,10-12,15-16,21H,6-9H2,1H3,(H,19,22). The minimum Gasteiger partial charge on any atom is -0.393 e. The van der Waals surface area contributed by atoms with E-state index in [9.17, 15) is 9.90 Å². The highest BCUT2D eigenvalue weighted by Crippen LogP contribution is 2.20. The van der Waals surface area contributed by atoms with Crippen LogP contribution in [0.1, 0.15) is 41.6 Å². The van der Waals surface area contributed by atoms with E-state index in [1.54, 1.807) is 0 Å². The maximum absolute atomic E-state index is 12.4. The van der Waals surface area contributed by atoms with Crippen LogP contribution < -0.4 is 5.32 Å². The Bertz CT molecular complexity index is 641. The topological polar surface area (TPSA) is 54.3 Å². The van der Waals surface area contributed by atoms with Gasteiger partial charge < -0.3 is 15.0 Å². The fraction of sp³-hybridized carbons (Fsp3) is 0.389. The number of aryl methyl sites for hydroxylation is 1. The highest BCUT2D eigenvalue weighted by atomic mass is 16.3. The van der Waals surface area contributed by atoms with Crippen molar-refractivity contribution in [1.29, 1.82) is 0 Å². The third-order valence-corrected chi connectivity index (χ3v) is 4.39. The molecule has 0 atom stereocenters. The zero-order chi connectivity index (χ0) is 15.5. The number of carbonyl (C=O) groups is 1.